The predicted octanol–water partition coefficient (Wildman–Crippen LogP) is 2.91. The van der Waals surface area contributed by atoms with Crippen LogP contribution in [0.25, 0.3) is 0 Å². The summed E-state index contributed by atoms with van der Waals surface area (Å²) < 4.78 is 0. The highest BCUT2D eigenvalue weighted by atomic mass is 16.3. The topological polar surface area (TPSA) is 36.4 Å². The van der Waals surface area contributed by atoms with E-state index in [-0.39, 0.29) is 12.1 Å². The lowest BCUT2D eigenvalue weighted by Gasteiger charge is -2.33. The van der Waals surface area contributed by atoms with Crippen molar-refractivity contribution in [1.29, 1.82) is 0 Å². The summed E-state index contributed by atoms with van der Waals surface area (Å²) in [5.74, 6) is 0. The first-order chi connectivity index (χ1) is 9.16. The highest BCUT2D eigenvalue weighted by molar-refractivity contribution is 5.09. The van der Waals surface area contributed by atoms with Gasteiger partial charge in [-0.05, 0) is 38.9 Å². The van der Waals surface area contributed by atoms with Gasteiger partial charge in [-0.15, -0.1) is 0 Å². The Morgan fingerprint density at radius 1 is 1.21 bits per heavy atom. The normalized spacial score (nSPS) is 25.1. The van der Waals surface area contributed by atoms with Crippen molar-refractivity contribution in [2.45, 2.75) is 64.1 Å². The number of aliphatic hydroxyl groups excluding tert-OH is 1. The fourth-order valence-corrected chi connectivity index (χ4v) is 3.02. The van der Waals surface area contributed by atoms with E-state index in [4.69, 9.17) is 0 Å². The van der Waals surface area contributed by atoms with Gasteiger partial charge in [-0.3, -0.25) is 9.88 Å². The van der Waals surface area contributed by atoms with E-state index in [1.165, 1.54) is 19.3 Å². The summed E-state index contributed by atoms with van der Waals surface area (Å²) >= 11 is 0. The van der Waals surface area contributed by atoms with Crippen LogP contribution in [0, 0.1) is 6.92 Å². The van der Waals surface area contributed by atoms with Gasteiger partial charge in [-0.1, -0.05) is 31.7 Å². The van der Waals surface area contributed by atoms with Crippen LogP contribution in [0.15, 0.2) is 18.2 Å². The van der Waals surface area contributed by atoms with Crippen molar-refractivity contribution in [3.63, 3.8) is 0 Å². The van der Waals surface area contributed by atoms with Crippen LogP contribution in [-0.2, 0) is 6.54 Å². The lowest BCUT2D eigenvalue weighted by atomic mass is 9.93. The molecule has 1 heterocycles. The molecule has 1 fully saturated rings. The number of aromatic nitrogens is 1. The van der Waals surface area contributed by atoms with Crippen molar-refractivity contribution in [2.75, 3.05) is 7.05 Å². The maximum Gasteiger partial charge on any atom is 0.0695 e. The Morgan fingerprint density at radius 2 is 1.95 bits per heavy atom. The molecule has 1 saturated carbocycles. The summed E-state index contributed by atoms with van der Waals surface area (Å²) in [6.45, 7) is 2.84. The zero-order chi connectivity index (χ0) is 13.7. The molecule has 3 nitrogen and oxygen atoms in total. The molecule has 1 aromatic rings. The molecule has 0 saturated heterocycles. The highest BCUT2D eigenvalue weighted by Crippen LogP contribution is 2.22. The number of aryl methyl sites for hydroxylation is 1. The molecule has 1 aliphatic carbocycles. The molecule has 1 aliphatic rings. The SMILES string of the molecule is Cc1cccc(CN(C)C2CCCCCCC2O)n1. The zero-order valence-electron chi connectivity index (χ0n) is 12.2. The van der Waals surface area contributed by atoms with Crippen LogP contribution in [0.3, 0.4) is 0 Å². The van der Waals surface area contributed by atoms with Crippen LogP contribution in [0.1, 0.15) is 49.9 Å². The van der Waals surface area contributed by atoms with Gasteiger partial charge in [-0.25, -0.2) is 0 Å². The van der Waals surface area contributed by atoms with E-state index in [0.29, 0.717) is 0 Å². The lowest BCUT2D eigenvalue weighted by Crippen LogP contribution is -2.41. The molecule has 2 atom stereocenters. The van der Waals surface area contributed by atoms with E-state index in [2.05, 4.69) is 29.1 Å². The van der Waals surface area contributed by atoms with Gasteiger partial charge >= 0.3 is 0 Å². The van der Waals surface area contributed by atoms with Crippen LogP contribution in [0.5, 0.6) is 0 Å². The summed E-state index contributed by atoms with van der Waals surface area (Å²) in [7, 11) is 2.11. The number of hydrogen-bond acceptors (Lipinski definition) is 3. The van der Waals surface area contributed by atoms with Crippen molar-refractivity contribution in [2.24, 2.45) is 0 Å². The minimum Gasteiger partial charge on any atom is -0.391 e. The number of likely N-dealkylation sites (N-methyl/N-ethyl adjacent to an activating group) is 1. The van der Waals surface area contributed by atoms with E-state index in [0.717, 1.165) is 37.2 Å². The minimum atomic E-state index is -0.185. The molecule has 1 N–H and O–H groups in total. The van der Waals surface area contributed by atoms with Gasteiger partial charge in [-0.2, -0.15) is 0 Å². The molecule has 0 aliphatic heterocycles. The minimum absolute atomic E-state index is 0.185. The average molecular weight is 262 g/mol. The standard InChI is InChI=1S/C16H26N2O/c1-13-8-7-9-14(17-13)12-18(2)15-10-5-3-4-6-11-16(15)19/h7-9,15-16,19H,3-6,10-12H2,1-2H3. The summed E-state index contributed by atoms with van der Waals surface area (Å²) in [5, 5.41) is 10.3. The van der Waals surface area contributed by atoms with E-state index in [1.54, 1.807) is 0 Å². The molecule has 2 unspecified atom stereocenters. The number of hydrogen-bond donors (Lipinski definition) is 1. The third-order valence-corrected chi connectivity index (χ3v) is 4.12. The quantitative estimate of drug-likeness (QED) is 0.910. The van der Waals surface area contributed by atoms with Crippen LogP contribution in [0.2, 0.25) is 0 Å². The van der Waals surface area contributed by atoms with E-state index in [1.807, 2.05) is 13.0 Å². The summed E-state index contributed by atoms with van der Waals surface area (Å²) in [5.41, 5.74) is 2.15. The van der Waals surface area contributed by atoms with E-state index < -0.39 is 0 Å². The average Bonchev–Trinajstić information content (AvgIpc) is 2.34. The second-order valence-electron chi connectivity index (χ2n) is 5.81. The van der Waals surface area contributed by atoms with Crippen molar-refractivity contribution in [3.05, 3.63) is 29.6 Å². The summed E-state index contributed by atoms with van der Waals surface area (Å²) in [6, 6.07) is 6.43. The third kappa shape index (κ3) is 4.29. The maximum atomic E-state index is 10.3. The Morgan fingerprint density at radius 3 is 2.68 bits per heavy atom. The molecule has 19 heavy (non-hydrogen) atoms. The molecule has 1 aromatic heterocycles. The molecule has 0 bridgehead atoms. The predicted molar refractivity (Wildman–Crippen MR) is 77.9 cm³/mol. The van der Waals surface area contributed by atoms with Gasteiger partial charge in [0.05, 0.1) is 11.8 Å². The van der Waals surface area contributed by atoms with Crippen LogP contribution in [-0.4, -0.2) is 34.2 Å². The fourth-order valence-electron chi connectivity index (χ4n) is 3.02. The van der Waals surface area contributed by atoms with Gasteiger partial charge in [0.15, 0.2) is 0 Å². The maximum absolute atomic E-state index is 10.3. The second-order valence-corrected chi connectivity index (χ2v) is 5.81. The first kappa shape index (κ1) is 14.5. The lowest BCUT2D eigenvalue weighted by molar-refractivity contribution is 0.0401. The van der Waals surface area contributed by atoms with Gasteiger partial charge in [0.25, 0.3) is 0 Å². The van der Waals surface area contributed by atoms with Gasteiger partial charge in [0, 0.05) is 18.3 Å². The Kier molecular flexibility index (Phi) is 5.34. The molecule has 3 heteroatoms. The Hall–Kier alpha value is -0.930. The van der Waals surface area contributed by atoms with Crippen LogP contribution >= 0.6 is 0 Å². The molecule has 0 radical (unpaired) electrons. The number of pyridine rings is 1. The Bertz CT molecular complexity index is 394. The molecule has 0 amide bonds. The van der Waals surface area contributed by atoms with Crippen molar-refractivity contribution >= 4 is 0 Å². The monoisotopic (exact) mass is 262 g/mol. The summed E-state index contributed by atoms with van der Waals surface area (Å²) in [6.07, 6.45) is 6.82. The molecule has 106 valence electrons. The number of nitrogens with zero attached hydrogens (tertiary/aromatic N) is 2. The molecular weight excluding hydrogens is 236 g/mol. The molecule has 2 rings (SSSR count). The molecular formula is C16H26N2O. The first-order valence-corrected chi connectivity index (χ1v) is 7.47. The smallest absolute Gasteiger partial charge is 0.0695 e. The Balaban J connectivity index is 1.98. The second kappa shape index (κ2) is 7.01. The van der Waals surface area contributed by atoms with Crippen LogP contribution < -0.4 is 0 Å². The third-order valence-electron chi connectivity index (χ3n) is 4.12. The van der Waals surface area contributed by atoms with Crippen LogP contribution in [0.4, 0.5) is 0 Å². The summed E-state index contributed by atoms with van der Waals surface area (Å²) in [4.78, 5) is 6.83. The zero-order valence-corrected chi connectivity index (χ0v) is 12.2. The molecule has 0 spiro atoms. The number of rotatable bonds is 3. The highest BCUT2D eigenvalue weighted by Gasteiger charge is 2.24. The van der Waals surface area contributed by atoms with Gasteiger partial charge < -0.3 is 5.11 Å². The van der Waals surface area contributed by atoms with E-state index >= 15 is 0 Å². The van der Waals surface area contributed by atoms with Gasteiger partial charge in [0.1, 0.15) is 0 Å². The number of aliphatic hydroxyl groups is 1. The van der Waals surface area contributed by atoms with Crippen molar-refractivity contribution in [1.82, 2.24) is 9.88 Å². The first-order valence-electron chi connectivity index (χ1n) is 7.47. The van der Waals surface area contributed by atoms with Crippen molar-refractivity contribution in [3.8, 4) is 0 Å². The Labute approximate surface area is 116 Å². The van der Waals surface area contributed by atoms with E-state index in [9.17, 15) is 5.11 Å². The fraction of sp³-hybridized carbons (Fsp3) is 0.688. The van der Waals surface area contributed by atoms with Gasteiger partial charge in [0.2, 0.25) is 0 Å². The van der Waals surface area contributed by atoms with Crippen molar-refractivity contribution < 1.29 is 5.11 Å². The molecule has 0 aromatic carbocycles. The largest absolute Gasteiger partial charge is 0.391 e.